The molecule has 1 aromatic heterocycles. The van der Waals surface area contributed by atoms with E-state index in [1.165, 1.54) is 0 Å². The number of aromatic hydroxyl groups is 1. The topological polar surface area (TPSA) is 76.5 Å². The van der Waals surface area contributed by atoms with Crippen molar-refractivity contribution in [3.05, 3.63) is 55.7 Å². The van der Waals surface area contributed by atoms with E-state index in [1.54, 1.807) is 31.2 Å². The third kappa shape index (κ3) is 5.43. The van der Waals surface area contributed by atoms with Crippen molar-refractivity contribution in [2.24, 2.45) is 0 Å². The number of nitrogens with zero attached hydrogens (tertiary/aromatic N) is 1. The van der Waals surface area contributed by atoms with Crippen molar-refractivity contribution in [1.29, 1.82) is 0 Å². The van der Waals surface area contributed by atoms with Crippen LogP contribution in [0, 0.1) is 0 Å². The Morgan fingerprint density at radius 1 is 1.23 bits per heavy atom. The van der Waals surface area contributed by atoms with Crippen molar-refractivity contribution >= 4 is 50.9 Å². The van der Waals surface area contributed by atoms with Gasteiger partial charge in [0.2, 0.25) is 0 Å². The zero-order valence-electron chi connectivity index (χ0n) is 13.9. The van der Waals surface area contributed by atoms with Crippen molar-refractivity contribution in [3.8, 4) is 5.75 Å². The standard InChI is InChI=1S/C18H16BrCl2NO4/c1-2-26-16(24)6-5-15(23)17-18(25)13(19)9-12(22-17)8-10-7-11(20)3-4-14(10)21/h3-4,7,9,25H,2,5-6,8H2,1H3. The molecule has 0 aliphatic carbocycles. The van der Waals surface area contributed by atoms with Crippen molar-refractivity contribution in [2.75, 3.05) is 6.61 Å². The SMILES string of the molecule is CCOC(=O)CCC(=O)c1nc(Cc2cc(Cl)ccc2Cl)cc(Br)c1O. The fraction of sp³-hybridized carbons (Fsp3) is 0.278. The first-order valence-corrected chi connectivity index (χ1v) is 9.37. The van der Waals surface area contributed by atoms with Crippen LogP contribution in [0.15, 0.2) is 28.7 Å². The van der Waals surface area contributed by atoms with Gasteiger partial charge in [0.05, 0.1) is 17.5 Å². The quantitative estimate of drug-likeness (QED) is 0.466. The van der Waals surface area contributed by atoms with E-state index in [0.29, 0.717) is 26.6 Å². The molecule has 5 nitrogen and oxygen atoms in total. The van der Waals surface area contributed by atoms with Gasteiger partial charge in [-0.3, -0.25) is 9.59 Å². The van der Waals surface area contributed by atoms with E-state index >= 15 is 0 Å². The van der Waals surface area contributed by atoms with Gasteiger partial charge in [-0.1, -0.05) is 23.2 Å². The number of ether oxygens (including phenoxy) is 1. The number of aromatic nitrogens is 1. The van der Waals surface area contributed by atoms with E-state index in [4.69, 9.17) is 27.9 Å². The fourth-order valence-electron chi connectivity index (χ4n) is 2.28. The van der Waals surface area contributed by atoms with Crippen LogP contribution in [0.4, 0.5) is 0 Å². The third-order valence-electron chi connectivity index (χ3n) is 3.50. The molecular weight excluding hydrogens is 445 g/mol. The zero-order valence-corrected chi connectivity index (χ0v) is 17.0. The Morgan fingerprint density at radius 3 is 2.65 bits per heavy atom. The van der Waals surface area contributed by atoms with Gasteiger partial charge >= 0.3 is 5.97 Å². The van der Waals surface area contributed by atoms with Crippen LogP contribution in [-0.4, -0.2) is 28.4 Å². The molecule has 2 rings (SSSR count). The molecule has 0 saturated heterocycles. The zero-order chi connectivity index (χ0) is 19.3. The van der Waals surface area contributed by atoms with Gasteiger partial charge in [-0.2, -0.15) is 0 Å². The Balaban J connectivity index is 2.24. The van der Waals surface area contributed by atoms with Gasteiger partial charge in [0.25, 0.3) is 0 Å². The molecular formula is C18H16BrCl2NO4. The third-order valence-corrected chi connectivity index (χ3v) is 4.71. The van der Waals surface area contributed by atoms with Gasteiger partial charge in [-0.25, -0.2) is 4.98 Å². The van der Waals surface area contributed by atoms with Crippen LogP contribution in [0.25, 0.3) is 0 Å². The first kappa shape index (κ1) is 20.7. The van der Waals surface area contributed by atoms with Gasteiger partial charge in [0, 0.05) is 28.6 Å². The smallest absolute Gasteiger partial charge is 0.306 e. The predicted octanol–water partition coefficient (Wildman–Crippen LogP) is 4.97. The first-order valence-electron chi connectivity index (χ1n) is 7.83. The number of Topliss-reactive ketones (excluding diaryl/α,β-unsaturated/α-hetero) is 1. The normalized spacial score (nSPS) is 10.6. The van der Waals surface area contributed by atoms with Crippen LogP contribution < -0.4 is 0 Å². The number of halogens is 3. The molecule has 8 heteroatoms. The number of pyridine rings is 1. The Hall–Kier alpha value is -1.63. The largest absolute Gasteiger partial charge is 0.504 e. The maximum atomic E-state index is 12.4. The van der Waals surface area contributed by atoms with E-state index in [0.717, 1.165) is 5.56 Å². The van der Waals surface area contributed by atoms with Crippen LogP contribution in [0.2, 0.25) is 10.0 Å². The molecule has 0 atom stereocenters. The number of esters is 1. The number of hydrogen-bond acceptors (Lipinski definition) is 5. The number of carbonyl (C=O) groups is 2. The van der Waals surface area contributed by atoms with Crippen LogP contribution in [0.1, 0.15) is 41.5 Å². The molecule has 138 valence electrons. The molecule has 2 aromatic rings. The van der Waals surface area contributed by atoms with Crippen molar-refractivity contribution in [1.82, 2.24) is 4.98 Å². The second-order valence-corrected chi connectivity index (χ2v) is 7.13. The molecule has 1 aromatic carbocycles. The monoisotopic (exact) mass is 459 g/mol. The molecule has 0 spiro atoms. The summed E-state index contributed by atoms with van der Waals surface area (Å²) in [7, 11) is 0. The maximum Gasteiger partial charge on any atom is 0.306 e. The molecule has 1 N–H and O–H groups in total. The number of rotatable bonds is 7. The van der Waals surface area contributed by atoms with E-state index in [-0.39, 0.29) is 30.9 Å². The summed E-state index contributed by atoms with van der Waals surface area (Å²) in [5.41, 5.74) is 1.17. The second kappa shape index (κ2) is 9.35. The van der Waals surface area contributed by atoms with Crippen LogP contribution in [0.3, 0.4) is 0 Å². The minimum atomic E-state index is -0.471. The number of hydrogen-bond donors (Lipinski definition) is 1. The molecule has 0 bridgehead atoms. The summed E-state index contributed by atoms with van der Waals surface area (Å²) in [6.45, 7) is 1.94. The molecule has 0 amide bonds. The summed E-state index contributed by atoms with van der Waals surface area (Å²) in [6, 6.07) is 6.68. The first-order chi connectivity index (χ1) is 12.3. The van der Waals surface area contributed by atoms with Gasteiger partial charge in [0.15, 0.2) is 11.5 Å². The number of benzene rings is 1. The van der Waals surface area contributed by atoms with E-state index in [9.17, 15) is 14.7 Å². The van der Waals surface area contributed by atoms with Crippen LogP contribution >= 0.6 is 39.1 Å². The molecule has 0 aliphatic heterocycles. The average Bonchev–Trinajstić information content (AvgIpc) is 2.59. The summed E-state index contributed by atoms with van der Waals surface area (Å²) in [5, 5.41) is 11.2. The van der Waals surface area contributed by atoms with Crippen molar-refractivity contribution in [2.45, 2.75) is 26.2 Å². The molecule has 1 heterocycles. The predicted molar refractivity (Wildman–Crippen MR) is 103 cm³/mol. The summed E-state index contributed by atoms with van der Waals surface area (Å²) in [4.78, 5) is 28.0. The number of ketones is 1. The van der Waals surface area contributed by atoms with Gasteiger partial charge in [-0.15, -0.1) is 0 Å². The molecule has 0 aliphatic rings. The Kier molecular flexibility index (Phi) is 7.43. The van der Waals surface area contributed by atoms with Crippen molar-refractivity contribution in [3.63, 3.8) is 0 Å². The summed E-state index contributed by atoms with van der Waals surface area (Å²) in [5.74, 6) is -1.18. The fourth-order valence-corrected chi connectivity index (χ4v) is 3.11. The maximum absolute atomic E-state index is 12.4. The van der Waals surface area contributed by atoms with Crippen LogP contribution in [0.5, 0.6) is 5.75 Å². The second-order valence-electron chi connectivity index (χ2n) is 5.43. The lowest BCUT2D eigenvalue weighted by Gasteiger charge is -2.10. The Morgan fingerprint density at radius 2 is 1.96 bits per heavy atom. The van der Waals surface area contributed by atoms with E-state index in [2.05, 4.69) is 20.9 Å². The lowest BCUT2D eigenvalue weighted by atomic mass is 10.1. The highest BCUT2D eigenvalue weighted by Gasteiger charge is 2.19. The molecule has 0 radical (unpaired) electrons. The van der Waals surface area contributed by atoms with Gasteiger partial charge in [0.1, 0.15) is 5.69 Å². The summed E-state index contributed by atoms with van der Waals surface area (Å²) in [6.07, 6.45) is 0.152. The molecule has 0 fully saturated rings. The van der Waals surface area contributed by atoms with Gasteiger partial charge < -0.3 is 9.84 Å². The Labute approximate surface area is 169 Å². The molecule has 0 unspecified atom stereocenters. The van der Waals surface area contributed by atoms with Crippen molar-refractivity contribution < 1.29 is 19.4 Å². The number of carbonyl (C=O) groups excluding carboxylic acids is 2. The lowest BCUT2D eigenvalue weighted by molar-refractivity contribution is -0.143. The highest BCUT2D eigenvalue weighted by molar-refractivity contribution is 9.10. The minimum absolute atomic E-state index is 0.0736. The van der Waals surface area contributed by atoms with Crippen LogP contribution in [-0.2, 0) is 16.0 Å². The minimum Gasteiger partial charge on any atom is -0.504 e. The average molecular weight is 461 g/mol. The highest BCUT2D eigenvalue weighted by atomic mass is 79.9. The Bertz CT molecular complexity index is 842. The van der Waals surface area contributed by atoms with Gasteiger partial charge in [-0.05, 0) is 52.7 Å². The van der Waals surface area contributed by atoms with E-state index in [1.807, 2.05) is 0 Å². The summed E-state index contributed by atoms with van der Waals surface area (Å²) >= 11 is 15.4. The highest BCUT2D eigenvalue weighted by Crippen LogP contribution is 2.30. The van der Waals surface area contributed by atoms with E-state index < -0.39 is 11.8 Å². The molecule has 0 saturated carbocycles. The lowest BCUT2D eigenvalue weighted by Crippen LogP contribution is -2.10. The molecule has 26 heavy (non-hydrogen) atoms. The summed E-state index contributed by atoms with van der Waals surface area (Å²) < 4.78 is 5.13.